The van der Waals surface area contributed by atoms with Gasteiger partial charge < -0.3 is 32.3 Å². The molecule has 0 aromatic rings. The maximum absolute atomic E-state index is 12.2. The molecule has 0 rings (SSSR count). The van der Waals surface area contributed by atoms with Gasteiger partial charge in [0.15, 0.2) is 0 Å². The van der Waals surface area contributed by atoms with Crippen LogP contribution in [0.25, 0.3) is 0 Å². The standard InChI is InChI=1S/C14H24N4O7/c1-6(2)3-9(14(24)25)18-13(23)8(5-11(20)21)17-12(22)7(15)4-10(16)19/h6-9H,3-5,15H2,1-2H3,(H2,16,19)(H,17,22)(H,18,23)(H,20,21)(H,24,25). The lowest BCUT2D eigenvalue weighted by atomic mass is 10.0. The fraction of sp³-hybridized carbons (Fsp3) is 0.643. The summed E-state index contributed by atoms with van der Waals surface area (Å²) >= 11 is 0. The van der Waals surface area contributed by atoms with E-state index in [0.717, 1.165) is 0 Å². The van der Waals surface area contributed by atoms with Gasteiger partial charge in [0.1, 0.15) is 12.1 Å². The number of aliphatic carboxylic acids is 2. The summed E-state index contributed by atoms with van der Waals surface area (Å²) in [5.41, 5.74) is 10.3. The minimum atomic E-state index is -1.54. The fourth-order valence-electron chi connectivity index (χ4n) is 1.94. The van der Waals surface area contributed by atoms with Crippen molar-refractivity contribution in [2.24, 2.45) is 17.4 Å². The van der Waals surface area contributed by atoms with Crippen molar-refractivity contribution in [3.05, 3.63) is 0 Å². The first kappa shape index (κ1) is 22.3. The van der Waals surface area contributed by atoms with E-state index in [0.29, 0.717) is 0 Å². The minimum absolute atomic E-state index is 0.0436. The van der Waals surface area contributed by atoms with Crippen molar-refractivity contribution in [3.63, 3.8) is 0 Å². The normalized spacial score (nSPS) is 14.2. The zero-order valence-electron chi connectivity index (χ0n) is 14.0. The molecule has 0 aliphatic carbocycles. The summed E-state index contributed by atoms with van der Waals surface area (Å²) in [7, 11) is 0. The van der Waals surface area contributed by atoms with Crippen molar-refractivity contribution in [1.82, 2.24) is 10.6 Å². The molecule has 0 fully saturated rings. The van der Waals surface area contributed by atoms with E-state index in [4.69, 9.17) is 21.7 Å². The van der Waals surface area contributed by atoms with Gasteiger partial charge in [-0.3, -0.25) is 19.2 Å². The Morgan fingerprint density at radius 3 is 1.84 bits per heavy atom. The summed E-state index contributed by atoms with van der Waals surface area (Å²) in [4.78, 5) is 56.8. The maximum Gasteiger partial charge on any atom is 0.326 e. The summed E-state index contributed by atoms with van der Waals surface area (Å²) in [5, 5.41) is 22.3. The number of carboxylic acid groups (broad SMARTS) is 2. The monoisotopic (exact) mass is 360 g/mol. The Morgan fingerprint density at radius 2 is 1.44 bits per heavy atom. The summed E-state index contributed by atoms with van der Waals surface area (Å²) in [6, 6.07) is -4.13. The third-order valence-corrected chi connectivity index (χ3v) is 3.09. The lowest BCUT2D eigenvalue weighted by molar-refractivity contribution is -0.144. The molecule has 0 aliphatic heterocycles. The van der Waals surface area contributed by atoms with Gasteiger partial charge in [-0.25, -0.2) is 4.79 Å². The molecule has 142 valence electrons. The van der Waals surface area contributed by atoms with Gasteiger partial charge in [0.25, 0.3) is 0 Å². The highest BCUT2D eigenvalue weighted by atomic mass is 16.4. The molecule has 0 aliphatic rings. The second kappa shape index (κ2) is 10.2. The highest BCUT2D eigenvalue weighted by molar-refractivity contribution is 5.95. The Hall–Kier alpha value is -2.69. The van der Waals surface area contributed by atoms with Crippen LogP contribution in [0.1, 0.15) is 33.1 Å². The largest absolute Gasteiger partial charge is 0.481 e. The van der Waals surface area contributed by atoms with Gasteiger partial charge in [-0.15, -0.1) is 0 Å². The van der Waals surface area contributed by atoms with Crippen LogP contribution in [0.3, 0.4) is 0 Å². The van der Waals surface area contributed by atoms with Crippen molar-refractivity contribution in [1.29, 1.82) is 0 Å². The zero-order chi connectivity index (χ0) is 19.7. The van der Waals surface area contributed by atoms with Gasteiger partial charge in [-0.1, -0.05) is 13.8 Å². The quantitative estimate of drug-likeness (QED) is 0.237. The Balaban J connectivity index is 5.08. The Morgan fingerprint density at radius 1 is 0.920 bits per heavy atom. The second-order valence-corrected chi connectivity index (χ2v) is 5.96. The van der Waals surface area contributed by atoms with E-state index in [1.54, 1.807) is 13.8 Å². The van der Waals surface area contributed by atoms with E-state index in [2.05, 4.69) is 10.6 Å². The van der Waals surface area contributed by atoms with Gasteiger partial charge >= 0.3 is 11.9 Å². The number of hydrogen-bond acceptors (Lipinski definition) is 6. The predicted molar refractivity (Wildman–Crippen MR) is 85.0 cm³/mol. The number of carbonyl (C=O) groups excluding carboxylic acids is 3. The van der Waals surface area contributed by atoms with Gasteiger partial charge in [0.05, 0.1) is 18.9 Å². The second-order valence-electron chi connectivity index (χ2n) is 5.96. The molecule has 0 aromatic carbocycles. The minimum Gasteiger partial charge on any atom is -0.481 e. The fourth-order valence-corrected chi connectivity index (χ4v) is 1.94. The number of rotatable bonds is 11. The van der Waals surface area contributed by atoms with Gasteiger partial charge in [-0.2, -0.15) is 0 Å². The van der Waals surface area contributed by atoms with E-state index in [1.807, 2.05) is 0 Å². The molecule has 0 radical (unpaired) electrons. The van der Waals surface area contributed by atoms with Crippen LogP contribution in [-0.4, -0.2) is 58.0 Å². The molecule has 0 aromatic heterocycles. The Kier molecular flexibility index (Phi) is 9.13. The maximum atomic E-state index is 12.2. The molecule has 11 nitrogen and oxygen atoms in total. The first-order chi connectivity index (χ1) is 11.4. The first-order valence-corrected chi connectivity index (χ1v) is 7.53. The third kappa shape index (κ3) is 9.25. The first-order valence-electron chi connectivity index (χ1n) is 7.53. The molecule has 3 atom stereocenters. The number of hydrogen-bond donors (Lipinski definition) is 6. The summed E-state index contributed by atoms with van der Waals surface area (Å²) in [6.45, 7) is 3.50. The molecule has 25 heavy (non-hydrogen) atoms. The van der Waals surface area contributed by atoms with Crippen LogP contribution >= 0.6 is 0 Å². The summed E-state index contributed by atoms with van der Waals surface area (Å²) in [5.74, 6) is -5.48. The lowest BCUT2D eigenvalue weighted by Crippen LogP contribution is -2.55. The van der Waals surface area contributed by atoms with Crippen molar-refractivity contribution >= 4 is 29.7 Å². The van der Waals surface area contributed by atoms with E-state index >= 15 is 0 Å². The van der Waals surface area contributed by atoms with E-state index < -0.39 is 60.6 Å². The van der Waals surface area contributed by atoms with Crippen molar-refractivity contribution < 1.29 is 34.2 Å². The molecule has 0 heterocycles. The smallest absolute Gasteiger partial charge is 0.326 e. The number of carboxylic acids is 2. The number of carbonyl (C=O) groups is 5. The van der Waals surface area contributed by atoms with Crippen molar-refractivity contribution in [3.8, 4) is 0 Å². The van der Waals surface area contributed by atoms with Crippen molar-refractivity contribution in [2.45, 2.75) is 51.2 Å². The SMILES string of the molecule is CC(C)CC(NC(=O)C(CC(=O)O)NC(=O)C(N)CC(N)=O)C(=O)O. The van der Waals surface area contributed by atoms with Crippen LogP contribution in [0.5, 0.6) is 0 Å². The topological polar surface area (TPSA) is 202 Å². The molecular formula is C14H24N4O7. The molecule has 11 heteroatoms. The van der Waals surface area contributed by atoms with Crippen LogP contribution < -0.4 is 22.1 Å². The Bertz CT molecular complexity index is 535. The average molecular weight is 360 g/mol. The molecule has 0 saturated carbocycles. The lowest BCUT2D eigenvalue weighted by Gasteiger charge is -2.22. The van der Waals surface area contributed by atoms with Crippen LogP contribution in [0.15, 0.2) is 0 Å². The molecular weight excluding hydrogens is 336 g/mol. The highest BCUT2D eigenvalue weighted by Crippen LogP contribution is 2.06. The molecule has 8 N–H and O–H groups in total. The summed E-state index contributed by atoms with van der Waals surface area (Å²) in [6.07, 6.45) is -1.15. The van der Waals surface area contributed by atoms with Gasteiger partial charge in [0, 0.05) is 0 Å². The van der Waals surface area contributed by atoms with Crippen LogP contribution in [0.2, 0.25) is 0 Å². The molecule has 0 spiro atoms. The zero-order valence-corrected chi connectivity index (χ0v) is 14.0. The van der Waals surface area contributed by atoms with Crippen molar-refractivity contribution in [2.75, 3.05) is 0 Å². The summed E-state index contributed by atoms with van der Waals surface area (Å²) < 4.78 is 0. The Labute approximate surface area is 144 Å². The van der Waals surface area contributed by atoms with E-state index in [1.165, 1.54) is 0 Å². The predicted octanol–water partition coefficient (Wildman–Crippen LogP) is -2.24. The van der Waals surface area contributed by atoms with Crippen LogP contribution in [0.4, 0.5) is 0 Å². The third-order valence-electron chi connectivity index (χ3n) is 3.09. The molecule has 3 unspecified atom stereocenters. The highest BCUT2D eigenvalue weighted by Gasteiger charge is 2.30. The van der Waals surface area contributed by atoms with Gasteiger partial charge in [-0.05, 0) is 12.3 Å². The van der Waals surface area contributed by atoms with Gasteiger partial charge in [0.2, 0.25) is 17.7 Å². The number of nitrogens with one attached hydrogen (secondary N) is 2. The molecule has 3 amide bonds. The number of primary amides is 1. The van der Waals surface area contributed by atoms with E-state index in [9.17, 15) is 24.0 Å². The number of amides is 3. The number of nitrogens with two attached hydrogens (primary N) is 2. The molecule has 0 bridgehead atoms. The van der Waals surface area contributed by atoms with E-state index in [-0.39, 0.29) is 12.3 Å². The van der Waals surface area contributed by atoms with Crippen LogP contribution in [-0.2, 0) is 24.0 Å². The average Bonchev–Trinajstić information content (AvgIpc) is 2.43. The molecule has 0 saturated heterocycles. The van der Waals surface area contributed by atoms with Crippen LogP contribution in [0, 0.1) is 5.92 Å².